The van der Waals surface area contributed by atoms with Crippen LogP contribution in [-0.4, -0.2) is 26.5 Å². The number of nitrogens with zero attached hydrogens (tertiary/aromatic N) is 3. The summed E-state index contributed by atoms with van der Waals surface area (Å²) < 4.78 is 15.7. The van der Waals surface area contributed by atoms with Gasteiger partial charge in [-0.3, -0.25) is 4.79 Å². The molecule has 0 bridgehead atoms. The number of hydrogen-bond donors (Lipinski definition) is 2. The Balaban J connectivity index is 0.000000147. The fourth-order valence-corrected chi connectivity index (χ4v) is 4.48. The van der Waals surface area contributed by atoms with Gasteiger partial charge in [0, 0.05) is 18.4 Å². The van der Waals surface area contributed by atoms with E-state index in [-0.39, 0.29) is 5.82 Å². The fraction of sp³-hybridized carbons (Fsp3) is 0.227. The van der Waals surface area contributed by atoms with Crippen molar-refractivity contribution in [3.8, 4) is 5.69 Å². The van der Waals surface area contributed by atoms with Gasteiger partial charge in [-0.2, -0.15) is 0 Å². The fourth-order valence-electron chi connectivity index (χ4n) is 3.51. The van der Waals surface area contributed by atoms with E-state index >= 15 is 0 Å². The van der Waals surface area contributed by atoms with Crippen molar-refractivity contribution in [2.75, 3.05) is 5.32 Å². The Labute approximate surface area is 177 Å². The highest BCUT2D eigenvalue weighted by molar-refractivity contribution is 7.22. The summed E-state index contributed by atoms with van der Waals surface area (Å²) in [5.41, 5.74) is 7.37. The third-order valence-corrected chi connectivity index (χ3v) is 5.93. The molecule has 3 N–H and O–H groups in total. The van der Waals surface area contributed by atoms with Crippen LogP contribution in [-0.2, 0) is 0 Å². The van der Waals surface area contributed by atoms with E-state index < -0.39 is 5.91 Å². The molecule has 0 atom stereocenters. The first-order valence-corrected chi connectivity index (χ1v) is 10.6. The lowest BCUT2D eigenvalue weighted by Gasteiger charge is -2.09. The molecule has 30 heavy (non-hydrogen) atoms. The summed E-state index contributed by atoms with van der Waals surface area (Å²) in [6.45, 7) is 0. The Kier molecular flexibility index (Phi) is 6.04. The van der Waals surface area contributed by atoms with Crippen LogP contribution in [0.15, 0.2) is 61.2 Å². The van der Waals surface area contributed by atoms with Crippen LogP contribution in [0.1, 0.15) is 36.0 Å². The second kappa shape index (κ2) is 9.04. The number of fused-ring (bicyclic) bond motifs is 1. The Morgan fingerprint density at radius 2 is 2.00 bits per heavy atom. The van der Waals surface area contributed by atoms with Crippen LogP contribution in [0.4, 0.5) is 9.52 Å². The number of nitrogens with one attached hydrogen (secondary N) is 1. The van der Waals surface area contributed by atoms with E-state index in [9.17, 15) is 9.18 Å². The number of carbonyl (C=O) groups is 1. The van der Waals surface area contributed by atoms with Crippen LogP contribution < -0.4 is 11.1 Å². The molecule has 1 saturated carbocycles. The van der Waals surface area contributed by atoms with E-state index in [1.54, 1.807) is 47.6 Å². The van der Waals surface area contributed by atoms with Gasteiger partial charge in [0.1, 0.15) is 5.82 Å². The zero-order valence-corrected chi connectivity index (χ0v) is 17.1. The number of amides is 1. The number of carbonyl (C=O) groups excluding carboxylic acids is 1. The van der Waals surface area contributed by atoms with Gasteiger partial charge in [0.15, 0.2) is 5.13 Å². The average molecular weight is 424 g/mol. The van der Waals surface area contributed by atoms with Crippen LogP contribution in [0, 0.1) is 5.82 Å². The summed E-state index contributed by atoms with van der Waals surface area (Å²) in [5, 5.41) is 4.36. The van der Waals surface area contributed by atoms with Crippen molar-refractivity contribution in [1.29, 1.82) is 0 Å². The number of benzene rings is 2. The molecule has 8 heteroatoms. The van der Waals surface area contributed by atoms with Crippen LogP contribution in [0.5, 0.6) is 0 Å². The van der Waals surface area contributed by atoms with Gasteiger partial charge < -0.3 is 15.6 Å². The summed E-state index contributed by atoms with van der Waals surface area (Å²) >= 11 is 1.54. The normalized spacial score (nSPS) is 13.8. The predicted octanol–water partition coefficient (Wildman–Crippen LogP) is 4.76. The second-order valence-electron chi connectivity index (χ2n) is 7.11. The van der Waals surface area contributed by atoms with Crippen molar-refractivity contribution in [2.45, 2.75) is 31.7 Å². The van der Waals surface area contributed by atoms with Gasteiger partial charge in [-0.15, -0.1) is 0 Å². The summed E-state index contributed by atoms with van der Waals surface area (Å²) in [5.74, 6) is -0.627. The Bertz CT molecular complexity index is 1140. The number of nitrogens with two attached hydrogens (primary N) is 1. The maximum Gasteiger partial charge on any atom is 0.250 e. The van der Waals surface area contributed by atoms with Crippen molar-refractivity contribution < 1.29 is 9.18 Å². The maximum absolute atomic E-state index is 13.0. The molecule has 1 aliphatic carbocycles. The maximum atomic E-state index is 13.0. The highest BCUT2D eigenvalue weighted by atomic mass is 32.1. The van der Waals surface area contributed by atoms with Crippen LogP contribution >= 0.6 is 11.3 Å². The molecule has 2 aromatic heterocycles. The average Bonchev–Trinajstić information content (AvgIpc) is 3.50. The molecule has 6 nitrogen and oxygen atoms in total. The summed E-state index contributed by atoms with van der Waals surface area (Å²) in [6.07, 6.45) is 10.1. The van der Waals surface area contributed by atoms with Crippen LogP contribution in [0.2, 0.25) is 0 Å². The zero-order valence-electron chi connectivity index (χ0n) is 16.3. The summed E-state index contributed by atoms with van der Waals surface area (Å²) in [6, 6.07) is 12.4. The Hall–Kier alpha value is -3.26. The number of imidazole rings is 1. The molecular formula is C22H22FN5OS. The number of para-hydroxylation sites is 1. The van der Waals surface area contributed by atoms with Crippen molar-refractivity contribution in [1.82, 2.24) is 14.5 Å². The van der Waals surface area contributed by atoms with E-state index in [0.29, 0.717) is 11.6 Å². The molecule has 0 radical (unpaired) electrons. The van der Waals surface area contributed by atoms with Gasteiger partial charge in [-0.05, 0) is 43.2 Å². The minimum Gasteiger partial charge on any atom is -0.366 e. The third-order valence-electron chi connectivity index (χ3n) is 4.99. The Morgan fingerprint density at radius 1 is 1.20 bits per heavy atom. The van der Waals surface area contributed by atoms with E-state index in [4.69, 9.17) is 5.73 Å². The Morgan fingerprint density at radius 3 is 2.73 bits per heavy atom. The SMILES string of the molecule is Fc1ccc2nc(NC3CCCC3)sc2c1.NC(=O)c1ccccc1-n1ccnc1. The molecular weight excluding hydrogens is 401 g/mol. The minimum atomic E-state index is -0.436. The first-order chi connectivity index (χ1) is 14.6. The number of primary amides is 1. The number of halogens is 1. The smallest absolute Gasteiger partial charge is 0.250 e. The standard InChI is InChI=1S/C12H13FN2S.C10H9N3O/c13-8-5-6-10-11(7-8)16-12(15-10)14-9-3-1-2-4-9;11-10(14)8-3-1-2-4-9(8)13-6-5-12-7-13/h5-7,9H,1-4H2,(H,14,15);1-7H,(H2,11,14). The molecule has 5 rings (SSSR count). The van der Waals surface area contributed by atoms with Gasteiger partial charge >= 0.3 is 0 Å². The molecule has 1 fully saturated rings. The van der Waals surface area contributed by atoms with Gasteiger partial charge in [0.25, 0.3) is 5.91 Å². The molecule has 1 amide bonds. The van der Waals surface area contributed by atoms with Crippen molar-refractivity contribution in [3.63, 3.8) is 0 Å². The highest BCUT2D eigenvalue weighted by Gasteiger charge is 2.16. The van der Waals surface area contributed by atoms with Crippen LogP contribution in [0.25, 0.3) is 15.9 Å². The van der Waals surface area contributed by atoms with E-state index in [1.807, 2.05) is 12.1 Å². The third kappa shape index (κ3) is 4.65. The van der Waals surface area contributed by atoms with Crippen molar-refractivity contribution in [2.24, 2.45) is 5.73 Å². The first-order valence-electron chi connectivity index (χ1n) is 9.80. The minimum absolute atomic E-state index is 0.191. The van der Waals surface area contributed by atoms with E-state index in [1.165, 1.54) is 43.1 Å². The molecule has 0 aliphatic heterocycles. The predicted molar refractivity (Wildman–Crippen MR) is 118 cm³/mol. The monoisotopic (exact) mass is 423 g/mol. The molecule has 154 valence electrons. The van der Waals surface area contributed by atoms with Crippen molar-refractivity contribution >= 4 is 32.6 Å². The number of rotatable bonds is 4. The first kappa shape index (κ1) is 20.0. The zero-order chi connectivity index (χ0) is 20.9. The van der Waals surface area contributed by atoms with E-state index in [2.05, 4.69) is 15.3 Å². The number of thiazole rings is 1. The summed E-state index contributed by atoms with van der Waals surface area (Å²) in [4.78, 5) is 19.5. The van der Waals surface area contributed by atoms with E-state index in [0.717, 1.165) is 21.0 Å². The molecule has 0 saturated heterocycles. The van der Waals surface area contributed by atoms with Crippen LogP contribution in [0.3, 0.4) is 0 Å². The molecule has 4 aromatic rings. The quantitative estimate of drug-likeness (QED) is 0.495. The summed E-state index contributed by atoms with van der Waals surface area (Å²) in [7, 11) is 0. The number of aromatic nitrogens is 3. The number of hydrogen-bond acceptors (Lipinski definition) is 5. The topological polar surface area (TPSA) is 85.8 Å². The molecule has 0 unspecified atom stereocenters. The largest absolute Gasteiger partial charge is 0.366 e. The van der Waals surface area contributed by atoms with Gasteiger partial charge in [-0.25, -0.2) is 14.4 Å². The highest BCUT2D eigenvalue weighted by Crippen LogP contribution is 2.29. The molecule has 1 aliphatic rings. The number of anilines is 1. The molecule has 0 spiro atoms. The second-order valence-corrected chi connectivity index (χ2v) is 8.14. The molecule has 2 aromatic carbocycles. The van der Waals surface area contributed by atoms with Gasteiger partial charge in [-0.1, -0.05) is 36.3 Å². The lowest BCUT2D eigenvalue weighted by molar-refractivity contribution is 0.100. The van der Waals surface area contributed by atoms with Gasteiger partial charge in [0.2, 0.25) is 0 Å². The molecule has 2 heterocycles. The lowest BCUT2D eigenvalue weighted by Crippen LogP contribution is -2.14. The van der Waals surface area contributed by atoms with Crippen molar-refractivity contribution in [3.05, 3.63) is 72.6 Å². The van der Waals surface area contributed by atoms with Gasteiger partial charge in [0.05, 0.1) is 27.8 Å². The lowest BCUT2D eigenvalue weighted by atomic mass is 10.1.